The van der Waals surface area contributed by atoms with Gasteiger partial charge in [0.1, 0.15) is 5.82 Å². The van der Waals surface area contributed by atoms with Gasteiger partial charge in [0, 0.05) is 49.8 Å². The minimum atomic E-state index is -0.289. The lowest BCUT2D eigenvalue weighted by Gasteiger charge is -2.33. The van der Waals surface area contributed by atoms with Gasteiger partial charge in [-0.05, 0) is 31.3 Å². The van der Waals surface area contributed by atoms with E-state index in [1.807, 2.05) is 6.07 Å². The minimum Gasteiger partial charge on any atom is -0.399 e. The average molecular weight is 346 g/mol. The third-order valence-electron chi connectivity index (χ3n) is 4.07. The van der Waals surface area contributed by atoms with Crippen LogP contribution in [0.5, 0.6) is 0 Å². The van der Waals surface area contributed by atoms with Crippen molar-refractivity contribution >= 4 is 34.7 Å². The summed E-state index contributed by atoms with van der Waals surface area (Å²) in [4.78, 5) is 21.3. The maximum absolute atomic E-state index is 12.4. The molecule has 1 aromatic heterocycles. The molecular formula is C17H20ClN5O. The zero-order valence-electron chi connectivity index (χ0n) is 13.5. The predicted molar refractivity (Wildman–Crippen MR) is 97.8 cm³/mol. The molecular weight excluding hydrogens is 326 g/mol. The molecule has 0 atom stereocenters. The lowest BCUT2D eigenvalue weighted by Crippen LogP contribution is -2.44. The second-order valence-corrected chi connectivity index (χ2v) is 6.29. The summed E-state index contributed by atoms with van der Waals surface area (Å²) < 4.78 is 0. The summed E-state index contributed by atoms with van der Waals surface area (Å²) in [6, 6.07) is 8.49. The molecule has 1 aliphatic rings. The fourth-order valence-corrected chi connectivity index (χ4v) is 2.82. The first-order chi connectivity index (χ1) is 11.5. The Morgan fingerprint density at radius 3 is 2.71 bits per heavy atom. The fourth-order valence-electron chi connectivity index (χ4n) is 2.62. The molecule has 24 heavy (non-hydrogen) atoms. The summed E-state index contributed by atoms with van der Waals surface area (Å²) in [7, 11) is 2.11. The van der Waals surface area contributed by atoms with Gasteiger partial charge in [-0.25, -0.2) is 4.98 Å². The van der Waals surface area contributed by atoms with Crippen LogP contribution in [-0.4, -0.2) is 49.0 Å². The van der Waals surface area contributed by atoms with Crippen LogP contribution < -0.4 is 16.0 Å². The summed E-state index contributed by atoms with van der Waals surface area (Å²) in [5.74, 6) is 0.572. The first-order valence-electron chi connectivity index (χ1n) is 7.79. The van der Waals surface area contributed by atoms with Crippen molar-refractivity contribution in [2.24, 2.45) is 0 Å². The van der Waals surface area contributed by atoms with Crippen LogP contribution in [0.3, 0.4) is 0 Å². The van der Waals surface area contributed by atoms with Crippen LogP contribution in [0.25, 0.3) is 0 Å². The molecule has 2 heterocycles. The largest absolute Gasteiger partial charge is 0.399 e. The SMILES string of the molecule is CN1CCN(c2cc(NC(=O)c3cc(N)ccc3Cl)ccn2)CC1. The van der Waals surface area contributed by atoms with Crippen molar-refractivity contribution in [3.8, 4) is 0 Å². The molecule has 6 nitrogen and oxygen atoms in total. The van der Waals surface area contributed by atoms with E-state index in [0.29, 0.717) is 22.0 Å². The Kier molecular flexibility index (Phi) is 4.87. The molecule has 2 aromatic rings. The molecule has 7 heteroatoms. The van der Waals surface area contributed by atoms with E-state index in [9.17, 15) is 4.79 Å². The zero-order valence-corrected chi connectivity index (χ0v) is 14.3. The normalized spacial score (nSPS) is 15.3. The number of benzene rings is 1. The Balaban J connectivity index is 1.75. The maximum atomic E-state index is 12.4. The molecule has 126 valence electrons. The lowest BCUT2D eigenvalue weighted by molar-refractivity contribution is 0.102. The number of carbonyl (C=O) groups excluding carboxylic acids is 1. The van der Waals surface area contributed by atoms with Gasteiger partial charge in [-0.3, -0.25) is 4.79 Å². The Morgan fingerprint density at radius 1 is 1.21 bits per heavy atom. The molecule has 1 amide bonds. The van der Waals surface area contributed by atoms with Crippen LogP contribution in [0.4, 0.5) is 17.2 Å². The van der Waals surface area contributed by atoms with Crippen LogP contribution >= 0.6 is 11.6 Å². The van der Waals surface area contributed by atoms with E-state index in [0.717, 1.165) is 32.0 Å². The van der Waals surface area contributed by atoms with Crippen molar-refractivity contribution in [2.45, 2.75) is 0 Å². The van der Waals surface area contributed by atoms with Crippen LogP contribution in [-0.2, 0) is 0 Å². The number of nitrogens with two attached hydrogens (primary N) is 1. The van der Waals surface area contributed by atoms with Gasteiger partial charge < -0.3 is 20.9 Å². The quantitative estimate of drug-likeness (QED) is 0.835. The molecule has 0 bridgehead atoms. The van der Waals surface area contributed by atoms with Crippen LogP contribution in [0, 0.1) is 0 Å². The van der Waals surface area contributed by atoms with E-state index in [1.54, 1.807) is 30.5 Å². The van der Waals surface area contributed by atoms with Gasteiger partial charge in [-0.1, -0.05) is 11.6 Å². The second kappa shape index (κ2) is 7.07. The van der Waals surface area contributed by atoms with Gasteiger partial charge in [0.25, 0.3) is 5.91 Å². The van der Waals surface area contributed by atoms with Gasteiger partial charge >= 0.3 is 0 Å². The zero-order chi connectivity index (χ0) is 17.1. The van der Waals surface area contributed by atoms with Crippen LogP contribution in [0.1, 0.15) is 10.4 Å². The predicted octanol–water partition coefficient (Wildman–Crippen LogP) is 2.32. The lowest BCUT2D eigenvalue weighted by atomic mass is 10.2. The number of nitrogen functional groups attached to an aromatic ring is 1. The third kappa shape index (κ3) is 3.77. The van der Waals surface area contributed by atoms with Crippen molar-refractivity contribution in [2.75, 3.05) is 49.2 Å². The number of aromatic nitrogens is 1. The molecule has 1 fully saturated rings. The van der Waals surface area contributed by atoms with E-state index in [1.165, 1.54) is 0 Å². The summed E-state index contributed by atoms with van der Waals surface area (Å²) in [6.45, 7) is 3.83. The van der Waals surface area contributed by atoms with E-state index in [-0.39, 0.29) is 5.91 Å². The van der Waals surface area contributed by atoms with Crippen molar-refractivity contribution in [1.29, 1.82) is 0 Å². The molecule has 3 rings (SSSR count). The van der Waals surface area contributed by atoms with Crippen molar-refractivity contribution in [3.63, 3.8) is 0 Å². The van der Waals surface area contributed by atoms with Gasteiger partial charge in [-0.2, -0.15) is 0 Å². The molecule has 0 saturated carbocycles. The number of likely N-dealkylation sites (N-methyl/N-ethyl adjacent to an activating group) is 1. The van der Waals surface area contributed by atoms with Gasteiger partial charge in [-0.15, -0.1) is 0 Å². The first-order valence-corrected chi connectivity index (χ1v) is 8.16. The van der Waals surface area contributed by atoms with Crippen molar-refractivity contribution in [3.05, 3.63) is 47.1 Å². The van der Waals surface area contributed by atoms with E-state index in [4.69, 9.17) is 17.3 Å². The summed E-state index contributed by atoms with van der Waals surface area (Å²) >= 11 is 6.08. The molecule has 3 N–H and O–H groups in total. The number of amides is 1. The van der Waals surface area contributed by atoms with Gasteiger partial charge in [0.2, 0.25) is 0 Å². The molecule has 1 saturated heterocycles. The highest BCUT2D eigenvalue weighted by Crippen LogP contribution is 2.22. The number of piperazine rings is 1. The first kappa shape index (κ1) is 16.5. The number of hydrogen-bond donors (Lipinski definition) is 2. The number of nitrogens with one attached hydrogen (secondary N) is 1. The van der Waals surface area contributed by atoms with Crippen LogP contribution in [0.2, 0.25) is 5.02 Å². The van der Waals surface area contributed by atoms with Crippen molar-refractivity contribution < 1.29 is 4.79 Å². The highest BCUT2D eigenvalue weighted by molar-refractivity contribution is 6.34. The summed E-state index contributed by atoms with van der Waals surface area (Å²) in [6.07, 6.45) is 1.70. The Labute approximate surface area is 146 Å². The number of carbonyl (C=O) groups is 1. The number of pyridine rings is 1. The highest BCUT2D eigenvalue weighted by atomic mass is 35.5. The molecule has 1 aliphatic heterocycles. The average Bonchev–Trinajstić information content (AvgIpc) is 2.58. The highest BCUT2D eigenvalue weighted by Gasteiger charge is 2.16. The molecule has 1 aromatic carbocycles. The smallest absolute Gasteiger partial charge is 0.257 e. The van der Waals surface area contributed by atoms with E-state index >= 15 is 0 Å². The Hall–Kier alpha value is -2.31. The maximum Gasteiger partial charge on any atom is 0.257 e. The number of anilines is 3. The van der Waals surface area contributed by atoms with Gasteiger partial charge in [0.15, 0.2) is 0 Å². The Bertz CT molecular complexity index is 744. The number of nitrogens with zero attached hydrogens (tertiary/aromatic N) is 3. The summed E-state index contributed by atoms with van der Waals surface area (Å²) in [5.41, 5.74) is 7.27. The van der Waals surface area contributed by atoms with Crippen molar-refractivity contribution in [1.82, 2.24) is 9.88 Å². The fraction of sp³-hybridized carbons (Fsp3) is 0.294. The molecule has 0 spiro atoms. The second-order valence-electron chi connectivity index (χ2n) is 5.89. The molecule has 0 radical (unpaired) electrons. The Morgan fingerprint density at radius 2 is 1.96 bits per heavy atom. The topological polar surface area (TPSA) is 74.5 Å². The summed E-state index contributed by atoms with van der Waals surface area (Å²) in [5, 5.41) is 3.23. The standard InChI is InChI=1S/C17H20ClN5O/c1-22-6-8-23(9-7-22)16-11-13(4-5-20-16)21-17(24)14-10-12(19)2-3-15(14)18/h2-5,10-11H,6-9,19H2,1H3,(H,20,21,24). The van der Waals surface area contributed by atoms with Crippen LogP contribution in [0.15, 0.2) is 36.5 Å². The van der Waals surface area contributed by atoms with E-state index < -0.39 is 0 Å². The third-order valence-corrected chi connectivity index (χ3v) is 4.40. The number of halogens is 1. The monoisotopic (exact) mass is 345 g/mol. The minimum absolute atomic E-state index is 0.289. The number of rotatable bonds is 3. The van der Waals surface area contributed by atoms with E-state index in [2.05, 4.69) is 27.1 Å². The molecule has 0 aliphatic carbocycles. The van der Waals surface area contributed by atoms with Gasteiger partial charge in [0.05, 0.1) is 10.6 Å². The number of hydrogen-bond acceptors (Lipinski definition) is 5. The molecule has 0 unspecified atom stereocenters.